The Bertz CT molecular complexity index is 409. The number of para-hydroxylation sites is 1. The van der Waals surface area contributed by atoms with Gasteiger partial charge < -0.3 is 14.6 Å². The van der Waals surface area contributed by atoms with Gasteiger partial charge in [0.2, 0.25) is 0 Å². The van der Waals surface area contributed by atoms with E-state index < -0.39 is 17.6 Å². The maximum absolute atomic E-state index is 11.4. The monoisotopic (exact) mass is 251 g/mol. The van der Waals surface area contributed by atoms with Crippen molar-refractivity contribution in [2.45, 2.75) is 18.6 Å². The number of rotatable bonds is 3. The minimum atomic E-state index is -1.15. The van der Waals surface area contributed by atoms with E-state index in [1.54, 1.807) is 19.1 Å². The molecule has 1 aromatic carbocycles. The fourth-order valence-corrected chi connectivity index (χ4v) is 1.88. The van der Waals surface area contributed by atoms with Gasteiger partial charge in [-0.2, -0.15) is 0 Å². The lowest BCUT2D eigenvalue weighted by Gasteiger charge is -2.32. The maximum Gasteiger partial charge on any atom is 0.327 e. The lowest BCUT2D eigenvalue weighted by molar-refractivity contribution is -0.148. The summed E-state index contributed by atoms with van der Waals surface area (Å²) < 4.78 is 11.1. The van der Waals surface area contributed by atoms with Gasteiger partial charge in [0.1, 0.15) is 5.75 Å². The Morgan fingerprint density at radius 3 is 2.89 bits per heavy atom. The van der Waals surface area contributed by atoms with Gasteiger partial charge in [0.15, 0.2) is 11.6 Å². The van der Waals surface area contributed by atoms with E-state index in [2.05, 4.69) is 5.32 Å². The zero-order valence-electron chi connectivity index (χ0n) is 10.3. The summed E-state index contributed by atoms with van der Waals surface area (Å²) in [7, 11) is 0. The Morgan fingerprint density at radius 1 is 1.50 bits per heavy atom. The van der Waals surface area contributed by atoms with Crippen molar-refractivity contribution in [3.63, 3.8) is 0 Å². The zero-order valence-corrected chi connectivity index (χ0v) is 10.3. The minimum absolute atomic E-state index is 0.255. The van der Waals surface area contributed by atoms with Gasteiger partial charge in [0.05, 0.1) is 13.2 Å². The molecule has 1 aliphatic rings. The van der Waals surface area contributed by atoms with Crippen LogP contribution in [0.5, 0.6) is 5.75 Å². The molecule has 0 saturated carbocycles. The Balaban J connectivity index is 2.19. The second kappa shape index (κ2) is 5.37. The van der Waals surface area contributed by atoms with Gasteiger partial charge in [0, 0.05) is 6.54 Å². The smallest absolute Gasteiger partial charge is 0.327 e. The fourth-order valence-electron chi connectivity index (χ4n) is 1.88. The maximum atomic E-state index is 11.4. The topological polar surface area (TPSA) is 67.8 Å². The van der Waals surface area contributed by atoms with Crippen molar-refractivity contribution in [1.29, 1.82) is 0 Å². The van der Waals surface area contributed by atoms with E-state index in [-0.39, 0.29) is 6.61 Å². The van der Waals surface area contributed by atoms with Crippen LogP contribution in [-0.2, 0) is 9.53 Å². The van der Waals surface area contributed by atoms with E-state index >= 15 is 0 Å². The first-order chi connectivity index (χ1) is 8.63. The van der Waals surface area contributed by atoms with Gasteiger partial charge in [-0.05, 0) is 19.1 Å². The molecule has 2 unspecified atom stereocenters. The first kappa shape index (κ1) is 12.9. The third-order valence-corrected chi connectivity index (χ3v) is 3.12. The molecule has 1 aliphatic heterocycles. The zero-order chi connectivity index (χ0) is 13.0. The molecule has 1 heterocycles. The Morgan fingerprint density at radius 2 is 2.22 bits per heavy atom. The number of nitrogens with one attached hydrogen (secondary N) is 1. The van der Waals surface area contributed by atoms with Crippen molar-refractivity contribution in [3.8, 4) is 5.75 Å². The second-order valence-corrected chi connectivity index (χ2v) is 4.43. The molecule has 0 bridgehead atoms. The molecule has 1 aromatic rings. The highest BCUT2D eigenvalue weighted by Crippen LogP contribution is 2.21. The molecule has 0 aromatic heterocycles. The summed E-state index contributed by atoms with van der Waals surface area (Å²) in [6.45, 7) is 2.86. The third-order valence-electron chi connectivity index (χ3n) is 3.12. The molecule has 0 radical (unpaired) electrons. The second-order valence-electron chi connectivity index (χ2n) is 4.43. The van der Waals surface area contributed by atoms with Gasteiger partial charge in [0.25, 0.3) is 0 Å². The number of benzene rings is 1. The molecule has 5 heteroatoms. The highest BCUT2D eigenvalue weighted by atomic mass is 16.5. The number of carboxylic acid groups (broad SMARTS) is 1. The van der Waals surface area contributed by atoms with E-state index in [1.807, 2.05) is 18.2 Å². The van der Waals surface area contributed by atoms with Crippen molar-refractivity contribution in [2.75, 3.05) is 19.8 Å². The molecular formula is C13H17NO4. The van der Waals surface area contributed by atoms with Crippen molar-refractivity contribution >= 4 is 5.97 Å². The van der Waals surface area contributed by atoms with Crippen molar-refractivity contribution in [3.05, 3.63) is 30.3 Å². The minimum Gasteiger partial charge on any atom is -0.485 e. The number of aliphatic carboxylic acids is 1. The lowest BCUT2D eigenvalue weighted by Crippen LogP contribution is -2.60. The molecule has 98 valence electrons. The van der Waals surface area contributed by atoms with Crippen LogP contribution in [0.2, 0.25) is 0 Å². The number of carbonyl (C=O) groups is 1. The predicted octanol–water partition coefficient (Wildman–Crippen LogP) is 0.897. The molecule has 2 rings (SSSR count). The molecule has 1 saturated heterocycles. The van der Waals surface area contributed by atoms with Crippen molar-refractivity contribution < 1.29 is 19.4 Å². The van der Waals surface area contributed by atoms with Crippen LogP contribution in [0, 0.1) is 0 Å². The van der Waals surface area contributed by atoms with Crippen LogP contribution >= 0.6 is 0 Å². The SMILES string of the molecule is CC1(C(=O)O)NCCOCC1Oc1ccccc1. The third kappa shape index (κ3) is 2.63. The summed E-state index contributed by atoms with van der Waals surface area (Å²) in [6, 6.07) is 9.17. The normalized spacial score (nSPS) is 28.4. The van der Waals surface area contributed by atoms with Crippen LogP contribution in [0.25, 0.3) is 0 Å². The molecule has 0 spiro atoms. The van der Waals surface area contributed by atoms with E-state index in [0.29, 0.717) is 18.9 Å². The first-order valence-corrected chi connectivity index (χ1v) is 5.91. The summed E-state index contributed by atoms with van der Waals surface area (Å²) in [5.74, 6) is -0.295. The summed E-state index contributed by atoms with van der Waals surface area (Å²) in [5, 5.41) is 12.4. The number of carboxylic acids is 1. The van der Waals surface area contributed by atoms with Gasteiger partial charge in [-0.25, -0.2) is 0 Å². The Kier molecular flexibility index (Phi) is 3.84. The largest absolute Gasteiger partial charge is 0.485 e. The molecule has 1 fully saturated rings. The molecular weight excluding hydrogens is 234 g/mol. The molecule has 2 atom stereocenters. The predicted molar refractivity (Wildman–Crippen MR) is 65.7 cm³/mol. The van der Waals surface area contributed by atoms with Crippen LogP contribution in [0.15, 0.2) is 30.3 Å². The van der Waals surface area contributed by atoms with Crippen molar-refractivity contribution in [1.82, 2.24) is 5.32 Å². The van der Waals surface area contributed by atoms with Gasteiger partial charge in [-0.3, -0.25) is 10.1 Å². The van der Waals surface area contributed by atoms with Crippen LogP contribution in [0.4, 0.5) is 0 Å². The van der Waals surface area contributed by atoms with Crippen LogP contribution in [-0.4, -0.2) is 42.5 Å². The van der Waals surface area contributed by atoms with Gasteiger partial charge in [-0.15, -0.1) is 0 Å². The van der Waals surface area contributed by atoms with E-state index in [1.165, 1.54) is 0 Å². The molecule has 0 amide bonds. The fraction of sp³-hybridized carbons (Fsp3) is 0.462. The summed E-state index contributed by atoms with van der Waals surface area (Å²) in [5.41, 5.74) is -1.15. The van der Waals surface area contributed by atoms with E-state index in [4.69, 9.17) is 9.47 Å². The Labute approximate surface area is 106 Å². The first-order valence-electron chi connectivity index (χ1n) is 5.91. The van der Waals surface area contributed by atoms with E-state index in [0.717, 1.165) is 0 Å². The van der Waals surface area contributed by atoms with Crippen molar-refractivity contribution in [2.24, 2.45) is 0 Å². The van der Waals surface area contributed by atoms with Gasteiger partial charge >= 0.3 is 5.97 Å². The molecule has 5 nitrogen and oxygen atoms in total. The van der Waals surface area contributed by atoms with Crippen LogP contribution < -0.4 is 10.1 Å². The number of hydrogen-bond acceptors (Lipinski definition) is 4. The average Bonchev–Trinajstić information content (AvgIpc) is 2.55. The lowest BCUT2D eigenvalue weighted by atomic mass is 9.95. The average molecular weight is 251 g/mol. The highest BCUT2D eigenvalue weighted by molar-refractivity contribution is 5.79. The molecule has 2 N–H and O–H groups in total. The molecule has 0 aliphatic carbocycles. The molecule has 18 heavy (non-hydrogen) atoms. The standard InChI is InChI=1S/C13H17NO4/c1-13(12(15)16)11(9-17-8-7-14-13)18-10-5-3-2-4-6-10/h2-6,11,14H,7-9H2,1H3,(H,15,16). The number of ether oxygens (including phenoxy) is 2. The Hall–Kier alpha value is -1.59. The summed E-state index contributed by atoms with van der Waals surface area (Å²) >= 11 is 0. The number of hydrogen-bond donors (Lipinski definition) is 2. The summed E-state index contributed by atoms with van der Waals surface area (Å²) in [6.07, 6.45) is -0.570. The van der Waals surface area contributed by atoms with E-state index in [9.17, 15) is 9.90 Å². The summed E-state index contributed by atoms with van der Waals surface area (Å²) in [4.78, 5) is 11.4. The quantitative estimate of drug-likeness (QED) is 0.835. The van der Waals surface area contributed by atoms with Crippen LogP contribution in [0.1, 0.15) is 6.92 Å². The highest BCUT2D eigenvalue weighted by Gasteiger charge is 2.44. The van der Waals surface area contributed by atoms with Gasteiger partial charge in [-0.1, -0.05) is 18.2 Å². The van der Waals surface area contributed by atoms with Crippen LogP contribution in [0.3, 0.4) is 0 Å².